The number of rotatable bonds is 11. The van der Waals surface area contributed by atoms with Crippen molar-refractivity contribution >= 4 is 45.5 Å². The number of carbonyl (C=O) groups excluding carboxylic acids is 1. The van der Waals surface area contributed by atoms with Gasteiger partial charge in [-0.3, -0.25) is 14.7 Å². The molecule has 0 saturated carbocycles. The standard InChI is InChI=1S/C30H30ClN7O3/c1-19(28(32)39)22-11-23-25(12-27(22)40-9-8-38-16-30(17-38)14-33-15-30)35-18-36-29(23)37-20-5-6-26(24(31)10-20)41-13-21-4-2-3-7-34-21/h2-7,10-12,18,33H,1,8-9,13-17H2,(H2,32,39)(H,35,36,37). The zero-order valence-corrected chi connectivity index (χ0v) is 23.2. The minimum Gasteiger partial charge on any atom is -0.492 e. The number of benzene rings is 2. The number of halogens is 1. The maximum Gasteiger partial charge on any atom is 0.248 e. The number of nitrogens with zero attached hydrogens (tertiary/aromatic N) is 4. The zero-order chi connectivity index (χ0) is 28.4. The first-order valence-corrected chi connectivity index (χ1v) is 13.7. The van der Waals surface area contributed by atoms with Gasteiger partial charge < -0.3 is 25.8 Å². The van der Waals surface area contributed by atoms with E-state index in [9.17, 15) is 4.79 Å². The average Bonchev–Trinajstić information content (AvgIpc) is 2.92. The van der Waals surface area contributed by atoms with Crippen LogP contribution in [0.4, 0.5) is 11.5 Å². The number of primary amides is 1. The molecule has 2 saturated heterocycles. The lowest BCUT2D eigenvalue weighted by Gasteiger charge is -2.56. The van der Waals surface area contributed by atoms with Gasteiger partial charge in [0.15, 0.2) is 0 Å². The maximum atomic E-state index is 12.1. The number of pyridine rings is 1. The van der Waals surface area contributed by atoms with Crippen LogP contribution in [0.1, 0.15) is 11.3 Å². The third-order valence-corrected chi connectivity index (χ3v) is 7.73. The number of hydrogen-bond donors (Lipinski definition) is 3. The molecule has 210 valence electrons. The van der Waals surface area contributed by atoms with E-state index in [2.05, 4.69) is 37.1 Å². The van der Waals surface area contributed by atoms with Crippen LogP contribution in [0.3, 0.4) is 0 Å². The molecular weight excluding hydrogens is 542 g/mol. The molecule has 2 fully saturated rings. The van der Waals surface area contributed by atoms with Gasteiger partial charge in [0.05, 0.1) is 16.2 Å². The highest BCUT2D eigenvalue weighted by molar-refractivity contribution is 6.32. The Morgan fingerprint density at radius 3 is 2.66 bits per heavy atom. The topological polar surface area (TPSA) is 128 Å². The largest absolute Gasteiger partial charge is 0.492 e. The van der Waals surface area contributed by atoms with Crippen LogP contribution in [0, 0.1) is 5.41 Å². The predicted octanol–water partition coefficient (Wildman–Crippen LogP) is 3.78. The van der Waals surface area contributed by atoms with Crippen LogP contribution in [0.15, 0.2) is 67.6 Å². The van der Waals surface area contributed by atoms with Gasteiger partial charge in [-0.1, -0.05) is 24.2 Å². The number of anilines is 2. The third-order valence-electron chi connectivity index (χ3n) is 7.44. The average molecular weight is 572 g/mol. The molecule has 2 aliphatic heterocycles. The Balaban J connectivity index is 1.19. The summed E-state index contributed by atoms with van der Waals surface area (Å²) in [5.74, 6) is 0.938. The molecule has 4 N–H and O–H groups in total. The number of carbonyl (C=O) groups is 1. The second kappa shape index (κ2) is 11.3. The second-order valence-electron chi connectivity index (χ2n) is 10.5. The molecule has 0 radical (unpaired) electrons. The second-order valence-corrected chi connectivity index (χ2v) is 10.9. The Labute approximate surface area is 242 Å². The van der Waals surface area contributed by atoms with Crippen LogP contribution in [0.5, 0.6) is 11.5 Å². The number of amides is 1. The molecule has 0 unspecified atom stereocenters. The molecule has 4 heterocycles. The van der Waals surface area contributed by atoms with Crippen LogP contribution in [0.25, 0.3) is 16.5 Å². The van der Waals surface area contributed by atoms with Gasteiger partial charge in [-0.15, -0.1) is 0 Å². The summed E-state index contributed by atoms with van der Waals surface area (Å²) in [4.78, 5) is 27.6. The fourth-order valence-electron chi connectivity index (χ4n) is 5.19. The summed E-state index contributed by atoms with van der Waals surface area (Å²) in [6.07, 6.45) is 3.18. The Kier molecular flexibility index (Phi) is 7.44. The number of nitrogens with two attached hydrogens (primary N) is 1. The summed E-state index contributed by atoms with van der Waals surface area (Å²) in [6, 6.07) is 14.6. The normalized spacial score (nSPS) is 15.6. The molecule has 0 bridgehead atoms. The van der Waals surface area contributed by atoms with Gasteiger partial charge in [0.25, 0.3) is 0 Å². The van der Waals surface area contributed by atoms with Crippen molar-refractivity contribution in [1.82, 2.24) is 25.2 Å². The fourth-order valence-corrected chi connectivity index (χ4v) is 5.42. The van der Waals surface area contributed by atoms with Crippen molar-refractivity contribution < 1.29 is 14.3 Å². The Morgan fingerprint density at radius 2 is 1.95 bits per heavy atom. The van der Waals surface area contributed by atoms with Crippen molar-refractivity contribution in [3.05, 3.63) is 83.9 Å². The molecule has 6 rings (SSSR count). The van der Waals surface area contributed by atoms with Crippen LogP contribution < -0.4 is 25.8 Å². The van der Waals surface area contributed by atoms with Crippen molar-refractivity contribution in [3.63, 3.8) is 0 Å². The van der Waals surface area contributed by atoms with Gasteiger partial charge in [-0.25, -0.2) is 9.97 Å². The number of nitrogens with one attached hydrogen (secondary N) is 2. The highest BCUT2D eigenvalue weighted by Crippen LogP contribution is 2.36. The lowest BCUT2D eigenvalue weighted by atomic mass is 9.74. The first kappa shape index (κ1) is 26.9. The molecule has 0 atom stereocenters. The first-order valence-electron chi connectivity index (χ1n) is 13.3. The molecule has 2 aromatic heterocycles. The predicted molar refractivity (Wildman–Crippen MR) is 158 cm³/mol. The number of aromatic nitrogens is 3. The van der Waals surface area contributed by atoms with E-state index >= 15 is 0 Å². The molecule has 10 nitrogen and oxygen atoms in total. The Hall–Kier alpha value is -4.25. The van der Waals surface area contributed by atoms with E-state index in [4.69, 9.17) is 26.8 Å². The van der Waals surface area contributed by atoms with E-state index in [-0.39, 0.29) is 5.57 Å². The minimum absolute atomic E-state index is 0.151. The van der Waals surface area contributed by atoms with Gasteiger partial charge >= 0.3 is 0 Å². The summed E-state index contributed by atoms with van der Waals surface area (Å²) in [7, 11) is 0. The number of ether oxygens (including phenoxy) is 2. The Bertz CT molecular complexity index is 1600. The van der Waals surface area contributed by atoms with Crippen molar-refractivity contribution in [2.45, 2.75) is 6.61 Å². The van der Waals surface area contributed by atoms with E-state index in [1.807, 2.05) is 24.3 Å². The van der Waals surface area contributed by atoms with Gasteiger partial charge in [0.2, 0.25) is 5.91 Å². The minimum atomic E-state index is -0.629. The third kappa shape index (κ3) is 5.81. The molecule has 2 aromatic carbocycles. The lowest BCUT2D eigenvalue weighted by Crippen LogP contribution is -2.71. The van der Waals surface area contributed by atoms with E-state index < -0.39 is 5.91 Å². The molecule has 4 aromatic rings. The molecule has 11 heteroatoms. The van der Waals surface area contributed by atoms with Gasteiger partial charge in [0.1, 0.15) is 36.9 Å². The van der Waals surface area contributed by atoms with Crippen molar-refractivity contribution in [2.75, 3.05) is 44.6 Å². The molecule has 1 spiro atoms. The van der Waals surface area contributed by atoms with Gasteiger partial charge in [0, 0.05) is 72.6 Å². The summed E-state index contributed by atoms with van der Waals surface area (Å²) < 4.78 is 12.0. The van der Waals surface area contributed by atoms with E-state index in [1.54, 1.807) is 30.5 Å². The number of likely N-dealkylation sites (tertiary alicyclic amines) is 1. The van der Waals surface area contributed by atoms with Crippen LogP contribution in [0.2, 0.25) is 5.02 Å². The molecule has 2 aliphatic rings. The molecule has 0 aliphatic carbocycles. The lowest BCUT2D eigenvalue weighted by molar-refractivity contribution is -0.112. The summed E-state index contributed by atoms with van der Waals surface area (Å²) in [5, 5.41) is 7.75. The summed E-state index contributed by atoms with van der Waals surface area (Å²) >= 11 is 6.51. The monoisotopic (exact) mass is 571 g/mol. The molecule has 1 amide bonds. The van der Waals surface area contributed by atoms with Crippen molar-refractivity contribution in [2.24, 2.45) is 11.1 Å². The van der Waals surface area contributed by atoms with E-state index in [1.165, 1.54) is 6.33 Å². The number of hydrogen-bond acceptors (Lipinski definition) is 9. The van der Waals surface area contributed by atoms with Gasteiger partial charge in [-0.2, -0.15) is 0 Å². The van der Waals surface area contributed by atoms with Gasteiger partial charge in [-0.05, 0) is 36.4 Å². The quantitative estimate of drug-likeness (QED) is 0.230. The first-order chi connectivity index (χ1) is 19.9. The Morgan fingerprint density at radius 1 is 1.10 bits per heavy atom. The maximum absolute atomic E-state index is 12.1. The summed E-state index contributed by atoms with van der Waals surface area (Å²) in [5.41, 5.74) is 8.85. The fraction of sp³-hybridized carbons (Fsp3) is 0.267. The van der Waals surface area contributed by atoms with E-state index in [0.717, 1.165) is 38.4 Å². The van der Waals surface area contributed by atoms with Crippen LogP contribution >= 0.6 is 11.6 Å². The molecule has 41 heavy (non-hydrogen) atoms. The smallest absolute Gasteiger partial charge is 0.248 e. The van der Waals surface area contributed by atoms with E-state index in [0.29, 0.717) is 63.1 Å². The van der Waals surface area contributed by atoms with Crippen LogP contribution in [-0.4, -0.2) is 65.1 Å². The number of fused-ring (bicyclic) bond motifs is 1. The van der Waals surface area contributed by atoms with Crippen LogP contribution in [-0.2, 0) is 11.4 Å². The molecular formula is C30H30ClN7O3. The zero-order valence-electron chi connectivity index (χ0n) is 22.4. The highest BCUT2D eigenvalue weighted by Gasteiger charge is 2.46. The van der Waals surface area contributed by atoms with Crippen molar-refractivity contribution in [3.8, 4) is 11.5 Å². The SMILES string of the molecule is C=C(C(N)=O)c1cc2c(Nc3ccc(OCc4ccccn4)c(Cl)c3)ncnc2cc1OCCN1CC2(CNC2)C1. The summed E-state index contributed by atoms with van der Waals surface area (Å²) in [6.45, 7) is 9.79. The highest BCUT2D eigenvalue weighted by atomic mass is 35.5. The van der Waals surface area contributed by atoms with Crippen molar-refractivity contribution in [1.29, 1.82) is 0 Å².